The molecular formula is C24H25NO5. The average molecular weight is 407 g/mol. The summed E-state index contributed by atoms with van der Waals surface area (Å²) in [6, 6.07) is 23.3. The Morgan fingerprint density at radius 1 is 0.867 bits per heavy atom. The van der Waals surface area contributed by atoms with E-state index in [-0.39, 0.29) is 0 Å². The zero-order chi connectivity index (χ0) is 21.3. The van der Waals surface area contributed by atoms with Gasteiger partial charge in [-0.15, -0.1) is 0 Å². The summed E-state index contributed by atoms with van der Waals surface area (Å²) in [6.45, 7) is 0.692. The fraction of sp³-hybridized carbons (Fsp3) is 0.208. The van der Waals surface area contributed by atoms with Crippen molar-refractivity contribution in [2.45, 2.75) is 25.4 Å². The summed E-state index contributed by atoms with van der Waals surface area (Å²) in [4.78, 5) is 11.7. The number of aliphatic hydroxyl groups excluding tert-OH is 1. The summed E-state index contributed by atoms with van der Waals surface area (Å²) >= 11 is 0. The maximum absolute atomic E-state index is 11.7. The van der Waals surface area contributed by atoms with Gasteiger partial charge in [-0.1, -0.05) is 66.7 Å². The number of aliphatic hydroxyl groups is 1. The predicted octanol–water partition coefficient (Wildman–Crippen LogP) is 3.38. The van der Waals surface area contributed by atoms with Crippen molar-refractivity contribution in [3.8, 4) is 11.5 Å². The van der Waals surface area contributed by atoms with Gasteiger partial charge in [0.1, 0.15) is 25.4 Å². The Morgan fingerprint density at radius 2 is 1.40 bits per heavy atom. The molecule has 0 aromatic heterocycles. The fourth-order valence-electron chi connectivity index (χ4n) is 2.88. The molecular weight excluding hydrogens is 382 g/mol. The smallest absolute Gasteiger partial charge is 0.325 e. The lowest BCUT2D eigenvalue weighted by molar-refractivity contribution is -0.145. The van der Waals surface area contributed by atoms with Crippen LogP contribution in [0.4, 0.5) is 0 Å². The van der Waals surface area contributed by atoms with Gasteiger partial charge in [-0.05, 0) is 28.8 Å². The van der Waals surface area contributed by atoms with Crippen molar-refractivity contribution in [2.24, 2.45) is 5.73 Å². The first-order valence-electron chi connectivity index (χ1n) is 9.57. The van der Waals surface area contributed by atoms with Gasteiger partial charge in [-0.3, -0.25) is 4.79 Å². The summed E-state index contributed by atoms with van der Waals surface area (Å²) in [7, 11) is 1.23. The van der Waals surface area contributed by atoms with Crippen molar-refractivity contribution < 1.29 is 24.1 Å². The molecule has 0 amide bonds. The van der Waals surface area contributed by atoms with E-state index in [1.807, 2.05) is 60.7 Å². The highest BCUT2D eigenvalue weighted by Crippen LogP contribution is 2.32. The topological polar surface area (TPSA) is 91.0 Å². The Kier molecular flexibility index (Phi) is 7.43. The molecule has 0 aliphatic rings. The molecule has 3 N–H and O–H groups in total. The number of esters is 1. The molecule has 3 rings (SSSR count). The Bertz CT molecular complexity index is 946. The third-order valence-corrected chi connectivity index (χ3v) is 4.60. The summed E-state index contributed by atoms with van der Waals surface area (Å²) in [6.07, 6.45) is -1.24. The van der Waals surface area contributed by atoms with Crippen LogP contribution in [-0.2, 0) is 22.7 Å². The second-order valence-corrected chi connectivity index (χ2v) is 6.75. The van der Waals surface area contributed by atoms with Crippen molar-refractivity contribution in [1.82, 2.24) is 0 Å². The van der Waals surface area contributed by atoms with Gasteiger partial charge < -0.3 is 25.1 Å². The molecule has 0 aliphatic carbocycles. The van der Waals surface area contributed by atoms with Gasteiger partial charge in [-0.25, -0.2) is 0 Å². The van der Waals surface area contributed by atoms with E-state index in [4.69, 9.17) is 15.2 Å². The zero-order valence-corrected chi connectivity index (χ0v) is 16.7. The Hall–Kier alpha value is -3.35. The number of carbonyl (C=O) groups excluding carboxylic acids is 1. The van der Waals surface area contributed by atoms with Crippen LogP contribution in [0.5, 0.6) is 11.5 Å². The lowest BCUT2D eigenvalue weighted by Crippen LogP contribution is -2.37. The number of rotatable bonds is 9. The van der Waals surface area contributed by atoms with E-state index in [9.17, 15) is 9.90 Å². The predicted molar refractivity (Wildman–Crippen MR) is 113 cm³/mol. The molecule has 2 atom stereocenters. The van der Waals surface area contributed by atoms with E-state index >= 15 is 0 Å². The molecule has 6 heteroatoms. The number of carbonyl (C=O) groups is 1. The number of nitrogens with two attached hydrogens (primary N) is 1. The van der Waals surface area contributed by atoms with Gasteiger partial charge in [0, 0.05) is 0 Å². The normalized spacial score (nSPS) is 12.6. The van der Waals surface area contributed by atoms with E-state index in [1.54, 1.807) is 18.2 Å². The molecule has 0 aliphatic heterocycles. The molecule has 1 unspecified atom stereocenters. The highest BCUT2D eigenvalue weighted by Gasteiger charge is 2.26. The summed E-state index contributed by atoms with van der Waals surface area (Å²) in [5.41, 5.74) is 8.23. The van der Waals surface area contributed by atoms with Crippen LogP contribution in [0.3, 0.4) is 0 Å². The summed E-state index contributed by atoms with van der Waals surface area (Å²) in [5.74, 6) is 0.277. The van der Waals surface area contributed by atoms with Gasteiger partial charge >= 0.3 is 5.97 Å². The van der Waals surface area contributed by atoms with Crippen molar-refractivity contribution in [3.63, 3.8) is 0 Å². The second-order valence-electron chi connectivity index (χ2n) is 6.75. The quantitative estimate of drug-likeness (QED) is 0.529. The maximum atomic E-state index is 11.7. The molecule has 0 heterocycles. The van der Waals surface area contributed by atoms with Crippen molar-refractivity contribution >= 4 is 5.97 Å². The fourth-order valence-corrected chi connectivity index (χ4v) is 2.88. The first-order valence-corrected chi connectivity index (χ1v) is 9.57. The standard InChI is InChI=1S/C24H25NO5/c1-28-24(27)22(25)23(26)19-12-13-20(29-15-17-8-4-2-5-9-17)21(14-19)30-16-18-10-6-3-7-11-18/h2-14,22-23,26H,15-16,25H2,1H3/t22-,23?/m0/s1. The first kappa shape index (κ1) is 21.4. The molecule has 156 valence electrons. The van der Waals surface area contributed by atoms with Gasteiger partial charge in [0.25, 0.3) is 0 Å². The third kappa shape index (κ3) is 5.59. The summed E-state index contributed by atoms with van der Waals surface area (Å²) < 4.78 is 16.5. The number of benzene rings is 3. The molecule has 3 aromatic rings. The maximum Gasteiger partial charge on any atom is 0.325 e. The molecule has 0 saturated carbocycles. The molecule has 0 fully saturated rings. The Balaban J connectivity index is 1.81. The largest absolute Gasteiger partial charge is 0.485 e. The molecule has 6 nitrogen and oxygen atoms in total. The molecule has 0 spiro atoms. The van der Waals surface area contributed by atoms with Crippen molar-refractivity contribution in [3.05, 3.63) is 95.6 Å². The van der Waals surface area contributed by atoms with Gasteiger partial charge in [0.15, 0.2) is 11.5 Å². The Labute approximate surface area is 175 Å². The van der Waals surface area contributed by atoms with Crippen LogP contribution in [0.1, 0.15) is 22.8 Å². The zero-order valence-electron chi connectivity index (χ0n) is 16.7. The second kappa shape index (κ2) is 10.4. The van der Waals surface area contributed by atoms with E-state index in [1.165, 1.54) is 7.11 Å². The SMILES string of the molecule is COC(=O)[C@@H](N)C(O)c1ccc(OCc2ccccc2)c(OCc2ccccc2)c1. The van der Waals surface area contributed by atoms with Gasteiger partial charge in [-0.2, -0.15) is 0 Å². The number of methoxy groups -OCH3 is 1. The number of ether oxygens (including phenoxy) is 3. The van der Waals surface area contributed by atoms with E-state index < -0.39 is 18.1 Å². The average Bonchev–Trinajstić information content (AvgIpc) is 2.81. The van der Waals surface area contributed by atoms with Crippen LogP contribution in [0.25, 0.3) is 0 Å². The highest BCUT2D eigenvalue weighted by atomic mass is 16.5. The van der Waals surface area contributed by atoms with E-state index in [0.29, 0.717) is 30.3 Å². The molecule has 0 bridgehead atoms. The summed E-state index contributed by atoms with van der Waals surface area (Å²) in [5, 5.41) is 10.5. The van der Waals surface area contributed by atoms with Crippen molar-refractivity contribution in [1.29, 1.82) is 0 Å². The van der Waals surface area contributed by atoms with Gasteiger partial charge in [0.05, 0.1) is 7.11 Å². The van der Waals surface area contributed by atoms with Crippen LogP contribution in [0, 0.1) is 0 Å². The van der Waals surface area contributed by atoms with Crippen LogP contribution >= 0.6 is 0 Å². The molecule has 30 heavy (non-hydrogen) atoms. The van der Waals surface area contributed by atoms with Crippen LogP contribution in [0.2, 0.25) is 0 Å². The van der Waals surface area contributed by atoms with E-state index in [2.05, 4.69) is 4.74 Å². The minimum Gasteiger partial charge on any atom is -0.485 e. The lowest BCUT2D eigenvalue weighted by Gasteiger charge is -2.19. The molecule has 0 saturated heterocycles. The Morgan fingerprint density at radius 3 is 1.93 bits per heavy atom. The first-order chi connectivity index (χ1) is 14.6. The minimum absolute atomic E-state index is 0.325. The monoisotopic (exact) mass is 407 g/mol. The minimum atomic E-state index is -1.24. The highest BCUT2D eigenvalue weighted by molar-refractivity contribution is 5.76. The van der Waals surface area contributed by atoms with Gasteiger partial charge in [0.2, 0.25) is 0 Å². The van der Waals surface area contributed by atoms with Crippen LogP contribution in [0.15, 0.2) is 78.9 Å². The number of hydrogen-bond acceptors (Lipinski definition) is 6. The van der Waals surface area contributed by atoms with Crippen LogP contribution in [-0.4, -0.2) is 24.2 Å². The van der Waals surface area contributed by atoms with Crippen molar-refractivity contribution in [2.75, 3.05) is 7.11 Å². The molecule has 0 radical (unpaired) electrons. The number of hydrogen-bond donors (Lipinski definition) is 2. The van der Waals surface area contributed by atoms with E-state index in [0.717, 1.165) is 11.1 Å². The lowest BCUT2D eigenvalue weighted by atomic mass is 10.0. The van der Waals surface area contributed by atoms with Crippen LogP contribution < -0.4 is 15.2 Å². The third-order valence-electron chi connectivity index (χ3n) is 4.60. The molecule has 3 aromatic carbocycles.